The van der Waals surface area contributed by atoms with Gasteiger partial charge in [0.25, 0.3) is 0 Å². The molecule has 0 unspecified atom stereocenters. The van der Waals surface area contributed by atoms with Crippen molar-refractivity contribution < 1.29 is 0 Å². The van der Waals surface area contributed by atoms with Crippen LogP contribution in [-0.2, 0) is 0 Å². The van der Waals surface area contributed by atoms with E-state index in [2.05, 4.69) is 44.3 Å². The lowest BCUT2D eigenvalue weighted by atomic mass is 10.3. The van der Waals surface area contributed by atoms with Gasteiger partial charge >= 0.3 is 0 Å². The minimum Gasteiger partial charge on any atom is -0.383 e. The van der Waals surface area contributed by atoms with Crippen molar-refractivity contribution >= 4 is 27.4 Å². The predicted molar refractivity (Wildman–Crippen MR) is 83.6 cm³/mol. The minimum absolute atomic E-state index is 0.310. The van der Waals surface area contributed by atoms with E-state index in [9.17, 15) is 0 Å². The second-order valence-corrected chi connectivity index (χ2v) is 6.01. The van der Waals surface area contributed by atoms with E-state index in [0.717, 1.165) is 27.1 Å². The first-order valence-corrected chi connectivity index (χ1v) is 7.24. The lowest BCUT2D eigenvalue weighted by molar-refractivity contribution is 0.605. The highest BCUT2D eigenvalue weighted by atomic mass is 79.9. The molecule has 0 aliphatic rings. The summed E-state index contributed by atoms with van der Waals surface area (Å²) in [6.07, 6.45) is 5.57. The van der Waals surface area contributed by atoms with E-state index in [-0.39, 0.29) is 0 Å². The Hall–Kier alpha value is -1.82. The summed E-state index contributed by atoms with van der Waals surface area (Å²) in [5, 5.41) is 0. The third kappa shape index (κ3) is 1.91. The maximum atomic E-state index is 6.26. The van der Waals surface area contributed by atoms with E-state index in [1.54, 1.807) is 6.20 Å². The molecule has 3 heterocycles. The van der Waals surface area contributed by atoms with Gasteiger partial charge in [-0.15, -0.1) is 0 Å². The lowest BCUT2D eigenvalue weighted by Gasteiger charge is -2.10. The number of nitrogens with two attached hydrogens (primary N) is 1. The first kappa shape index (κ1) is 13.2. The second kappa shape index (κ2) is 4.63. The molecular weight excluding hydrogens is 318 g/mol. The molecule has 0 saturated carbocycles. The SMILES string of the molecule is Cc1cc2nc(-c3cncn3C(C)C)c(N)n2cc1Br. The van der Waals surface area contributed by atoms with Gasteiger partial charge in [0.2, 0.25) is 0 Å². The zero-order chi connectivity index (χ0) is 14.4. The fourth-order valence-electron chi connectivity index (χ4n) is 2.27. The van der Waals surface area contributed by atoms with Gasteiger partial charge in [-0.1, -0.05) is 0 Å². The topological polar surface area (TPSA) is 61.1 Å². The Balaban J connectivity index is 2.27. The molecule has 0 aliphatic carbocycles. The van der Waals surface area contributed by atoms with Gasteiger partial charge in [0.15, 0.2) is 0 Å². The van der Waals surface area contributed by atoms with Gasteiger partial charge in [0.1, 0.15) is 17.2 Å². The number of fused-ring (bicyclic) bond motifs is 1. The monoisotopic (exact) mass is 333 g/mol. The molecular formula is C14H16BrN5. The average molecular weight is 334 g/mol. The highest BCUT2D eigenvalue weighted by molar-refractivity contribution is 9.10. The van der Waals surface area contributed by atoms with E-state index in [4.69, 9.17) is 5.73 Å². The van der Waals surface area contributed by atoms with E-state index < -0.39 is 0 Å². The van der Waals surface area contributed by atoms with Gasteiger partial charge in [0.05, 0.1) is 18.2 Å². The molecule has 6 heteroatoms. The van der Waals surface area contributed by atoms with Gasteiger partial charge in [0, 0.05) is 16.7 Å². The number of hydrogen-bond donors (Lipinski definition) is 1. The molecule has 20 heavy (non-hydrogen) atoms. The Bertz CT molecular complexity index is 784. The van der Waals surface area contributed by atoms with Crippen LogP contribution in [0.4, 0.5) is 5.82 Å². The number of pyridine rings is 1. The molecule has 0 aromatic carbocycles. The summed E-state index contributed by atoms with van der Waals surface area (Å²) >= 11 is 3.52. The van der Waals surface area contributed by atoms with Crippen molar-refractivity contribution in [1.29, 1.82) is 0 Å². The highest BCUT2D eigenvalue weighted by Crippen LogP contribution is 2.29. The summed E-state index contributed by atoms with van der Waals surface area (Å²) in [6, 6.07) is 2.32. The maximum Gasteiger partial charge on any atom is 0.139 e. The molecule has 0 spiro atoms. The summed E-state index contributed by atoms with van der Waals surface area (Å²) < 4.78 is 4.97. The lowest BCUT2D eigenvalue weighted by Crippen LogP contribution is -2.02. The minimum atomic E-state index is 0.310. The maximum absolute atomic E-state index is 6.26. The third-order valence-corrected chi connectivity index (χ3v) is 4.24. The number of aryl methyl sites for hydroxylation is 1. The number of anilines is 1. The Morgan fingerprint density at radius 3 is 2.80 bits per heavy atom. The second-order valence-electron chi connectivity index (χ2n) is 5.16. The Morgan fingerprint density at radius 1 is 1.35 bits per heavy atom. The number of halogens is 1. The van der Waals surface area contributed by atoms with Gasteiger partial charge in [-0.25, -0.2) is 9.97 Å². The summed E-state index contributed by atoms with van der Waals surface area (Å²) in [4.78, 5) is 8.87. The summed E-state index contributed by atoms with van der Waals surface area (Å²) in [6.45, 7) is 6.25. The largest absolute Gasteiger partial charge is 0.383 e. The summed E-state index contributed by atoms with van der Waals surface area (Å²) in [5.41, 5.74) is 9.94. The van der Waals surface area contributed by atoms with Crippen molar-refractivity contribution in [3.63, 3.8) is 0 Å². The standard InChI is InChI=1S/C14H16BrN5/c1-8(2)20-7-17-5-11(20)13-14(16)19-6-10(15)9(3)4-12(19)18-13/h4-8H,16H2,1-3H3. The molecule has 0 atom stereocenters. The van der Waals surface area contributed by atoms with Crippen molar-refractivity contribution in [2.24, 2.45) is 0 Å². The smallest absolute Gasteiger partial charge is 0.139 e. The quantitative estimate of drug-likeness (QED) is 0.781. The number of rotatable bonds is 2. The zero-order valence-corrected chi connectivity index (χ0v) is 13.2. The molecule has 0 saturated heterocycles. The summed E-state index contributed by atoms with van der Waals surface area (Å²) in [5.74, 6) is 0.628. The Kier molecular flexibility index (Phi) is 3.05. The molecule has 0 fully saturated rings. The molecule has 3 aromatic heterocycles. The fraction of sp³-hybridized carbons (Fsp3) is 0.286. The van der Waals surface area contributed by atoms with E-state index in [1.165, 1.54) is 0 Å². The number of hydrogen-bond acceptors (Lipinski definition) is 3. The first-order chi connectivity index (χ1) is 9.49. The highest BCUT2D eigenvalue weighted by Gasteiger charge is 2.17. The van der Waals surface area contributed by atoms with Crippen LogP contribution in [0.1, 0.15) is 25.5 Å². The zero-order valence-electron chi connectivity index (χ0n) is 11.6. The van der Waals surface area contributed by atoms with Crippen LogP contribution in [0.25, 0.3) is 17.0 Å². The van der Waals surface area contributed by atoms with Crippen LogP contribution in [0, 0.1) is 6.92 Å². The van der Waals surface area contributed by atoms with Crippen LogP contribution in [0.3, 0.4) is 0 Å². The molecule has 3 rings (SSSR count). The van der Waals surface area contributed by atoms with Crippen molar-refractivity contribution in [2.75, 3.05) is 5.73 Å². The van der Waals surface area contributed by atoms with Gasteiger partial charge < -0.3 is 10.3 Å². The first-order valence-electron chi connectivity index (χ1n) is 6.45. The fourth-order valence-corrected chi connectivity index (χ4v) is 2.59. The summed E-state index contributed by atoms with van der Waals surface area (Å²) in [7, 11) is 0. The van der Waals surface area contributed by atoms with Crippen LogP contribution in [0.15, 0.2) is 29.3 Å². The van der Waals surface area contributed by atoms with Crippen molar-refractivity contribution in [1.82, 2.24) is 18.9 Å². The van der Waals surface area contributed by atoms with Crippen LogP contribution < -0.4 is 5.73 Å². The molecule has 0 radical (unpaired) electrons. The molecule has 2 N–H and O–H groups in total. The molecule has 5 nitrogen and oxygen atoms in total. The van der Waals surface area contributed by atoms with Crippen LogP contribution in [0.5, 0.6) is 0 Å². The van der Waals surface area contributed by atoms with Crippen LogP contribution in [-0.4, -0.2) is 18.9 Å². The van der Waals surface area contributed by atoms with E-state index in [1.807, 2.05) is 29.9 Å². The molecule has 0 bridgehead atoms. The predicted octanol–water partition coefficient (Wildman–Crippen LogP) is 3.43. The number of imidazole rings is 2. The Labute approximate surface area is 125 Å². The third-order valence-electron chi connectivity index (χ3n) is 3.41. The van der Waals surface area contributed by atoms with Gasteiger partial charge in [-0.2, -0.15) is 0 Å². The molecule has 0 amide bonds. The number of aromatic nitrogens is 4. The average Bonchev–Trinajstić information content (AvgIpc) is 2.97. The van der Waals surface area contributed by atoms with E-state index >= 15 is 0 Å². The molecule has 104 valence electrons. The van der Waals surface area contributed by atoms with Crippen molar-refractivity contribution in [3.8, 4) is 11.4 Å². The van der Waals surface area contributed by atoms with Crippen molar-refractivity contribution in [2.45, 2.75) is 26.8 Å². The van der Waals surface area contributed by atoms with Gasteiger partial charge in [-0.3, -0.25) is 4.40 Å². The normalized spacial score (nSPS) is 11.7. The number of nitrogens with zero attached hydrogens (tertiary/aromatic N) is 4. The van der Waals surface area contributed by atoms with Crippen LogP contribution in [0.2, 0.25) is 0 Å². The molecule has 3 aromatic rings. The number of nitrogen functional groups attached to an aromatic ring is 1. The Morgan fingerprint density at radius 2 is 2.10 bits per heavy atom. The van der Waals surface area contributed by atoms with Crippen molar-refractivity contribution in [3.05, 3.63) is 34.8 Å². The van der Waals surface area contributed by atoms with E-state index in [0.29, 0.717) is 11.9 Å². The van der Waals surface area contributed by atoms with Crippen LogP contribution >= 0.6 is 15.9 Å². The molecule has 0 aliphatic heterocycles. The van der Waals surface area contributed by atoms with Gasteiger partial charge in [-0.05, 0) is 48.3 Å².